The Balaban J connectivity index is 2.43. The summed E-state index contributed by atoms with van der Waals surface area (Å²) in [6.07, 6.45) is 11.5. The molecule has 1 fully saturated rings. The molecular formula is C21H30O6S. The molecule has 0 aromatic carbocycles. The summed E-state index contributed by atoms with van der Waals surface area (Å²) < 4.78 is 36.6. The molecule has 156 valence electrons. The van der Waals surface area contributed by atoms with Gasteiger partial charge in [0.25, 0.3) is 0 Å². The molecule has 2 N–H and O–H groups in total. The highest BCUT2D eigenvalue weighted by Crippen LogP contribution is 2.51. The van der Waals surface area contributed by atoms with E-state index in [1.807, 2.05) is 19.9 Å². The summed E-state index contributed by atoms with van der Waals surface area (Å²) in [5.41, 5.74) is 2.49. The van der Waals surface area contributed by atoms with Crippen LogP contribution in [0.3, 0.4) is 0 Å². The van der Waals surface area contributed by atoms with Gasteiger partial charge in [0.05, 0.1) is 6.10 Å². The molecule has 1 saturated carbocycles. The average molecular weight is 411 g/mol. The first-order valence-corrected chi connectivity index (χ1v) is 11.0. The van der Waals surface area contributed by atoms with Crippen molar-refractivity contribution in [1.82, 2.24) is 0 Å². The third-order valence-corrected chi connectivity index (χ3v) is 6.63. The summed E-state index contributed by atoms with van der Waals surface area (Å²) >= 11 is 0. The van der Waals surface area contributed by atoms with E-state index in [1.54, 1.807) is 6.08 Å². The van der Waals surface area contributed by atoms with Gasteiger partial charge >= 0.3 is 16.4 Å². The lowest BCUT2D eigenvalue weighted by molar-refractivity contribution is -0.131. The molecule has 0 heterocycles. The maximum absolute atomic E-state index is 11.3. The van der Waals surface area contributed by atoms with Crippen LogP contribution in [0.5, 0.6) is 0 Å². The highest BCUT2D eigenvalue weighted by Gasteiger charge is 2.46. The van der Waals surface area contributed by atoms with E-state index in [9.17, 15) is 13.2 Å². The van der Waals surface area contributed by atoms with E-state index in [1.165, 1.54) is 17.2 Å². The zero-order valence-electron chi connectivity index (χ0n) is 16.8. The van der Waals surface area contributed by atoms with Crippen LogP contribution in [0.2, 0.25) is 0 Å². The number of aliphatic carboxylic acids is 1. The number of carboxylic acids is 1. The van der Waals surface area contributed by atoms with Gasteiger partial charge in [-0.05, 0) is 57.3 Å². The zero-order valence-corrected chi connectivity index (χ0v) is 17.6. The highest BCUT2D eigenvalue weighted by molar-refractivity contribution is 7.80. The Morgan fingerprint density at radius 1 is 1.29 bits per heavy atom. The van der Waals surface area contributed by atoms with Crippen molar-refractivity contribution < 1.29 is 27.1 Å². The van der Waals surface area contributed by atoms with Crippen molar-refractivity contribution in [3.63, 3.8) is 0 Å². The Kier molecular flexibility index (Phi) is 7.42. The molecule has 0 bridgehead atoms. The predicted octanol–water partition coefficient (Wildman–Crippen LogP) is 4.19. The summed E-state index contributed by atoms with van der Waals surface area (Å²) in [5.74, 6) is -0.444. The molecule has 0 amide bonds. The summed E-state index contributed by atoms with van der Waals surface area (Å²) in [6, 6.07) is 0. The number of hydrogen-bond acceptors (Lipinski definition) is 4. The van der Waals surface area contributed by atoms with Gasteiger partial charge in [-0.15, -0.1) is 0 Å². The Bertz CT molecular complexity index is 805. The first kappa shape index (κ1) is 22.6. The first-order valence-electron chi connectivity index (χ1n) is 9.59. The molecule has 2 rings (SSSR count). The number of fused-ring (bicyclic) bond motifs is 1. The van der Waals surface area contributed by atoms with Crippen molar-refractivity contribution in [3.8, 4) is 0 Å². The van der Waals surface area contributed by atoms with Gasteiger partial charge in [0, 0.05) is 12.0 Å². The van der Waals surface area contributed by atoms with E-state index in [0.717, 1.165) is 12.5 Å². The Morgan fingerprint density at radius 3 is 2.54 bits per heavy atom. The van der Waals surface area contributed by atoms with Crippen LogP contribution in [0.1, 0.15) is 40.5 Å². The monoisotopic (exact) mass is 410 g/mol. The predicted molar refractivity (Wildman–Crippen MR) is 108 cm³/mol. The van der Waals surface area contributed by atoms with Crippen LogP contribution >= 0.6 is 0 Å². The van der Waals surface area contributed by atoms with Gasteiger partial charge in [0.2, 0.25) is 0 Å². The topological polar surface area (TPSA) is 101 Å². The van der Waals surface area contributed by atoms with E-state index in [-0.39, 0.29) is 29.6 Å². The van der Waals surface area contributed by atoms with Crippen LogP contribution < -0.4 is 0 Å². The summed E-state index contributed by atoms with van der Waals surface area (Å²) in [6.45, 7) is 8.16. The molecule has 2 aliphatic rings. The van der Waals surface area contributed by atoms with Crippen LogP contribution in [0.4, 0.5) is 0 Å². The number of allylic oxidation sites excluding steroid dienone is 7. The van der Waals surface area contributed by atoms with E-state index in [0.29, 0.717) is 6.42 Å². The quantitative estimate of drug-likeness (QED) is 0.295. The summed E-state index contributed by atoms with van der Waals surface area (Å²) in [5, 5.41) is 8.81. The maximum atomic E-state index is 11.3. The van der Waals surface area contributed by atoms with Crippen LogP contribution in [0, 0.1) is 29.6 Å². The maximum Gasteiger partial charge on any atom is 0.397 e. The minimum Gasteiger partial charge on any atom is -0.478 e. The Morgan fingerprint density at radius 2 is 1.96 bits per heavy atom. The lowest BCUT2D eigenvalue weighted by Gasteiger charge is -2.49. The Hall–Kier alpha value is -1.70. The molecule has 0 spiro atoms. The SMILES string of the molecule is C/C=C(\C)[C@@H]1C(C)=C[C@H]2CC[C@@H](OS(=O)(=O)O)[C@@H](C)[C@H]2[C@@H]1/C=C/C=C/C(=O)O. The van der Waals surface area contributed by atoms with Gasteiger partial charge < -0.3 is 5.11 Å². The molecule has 0 aliphatic heterocycles. The van der Waals surface area contributed by atoms with Gasteiger partial charge in [-0.2, -0.15) is 8.42 Å². The van der Waals surface area contributed by atoms with Crippen LogP contribution in [-0.4, -0.2) is 30.2 Å². The minimum absolute atomic E-state index is 0.0763. The second-order valence-corrected chi connectivity index (χ2v) is 8.87. The molecule has 0 aromatic rings. The van der Waals surface area contributed by atoms with Crippen molar-refractivity contribution in [1.29, 1.82) is 0 Å². The summed E-state index contributed by atoms with van der Waals surface area (Å²) in [4.78, 5) is 10.7. The molecule has 0 radical (unpaired) electrons. The molecule has 0 saturated heterocycles. The van der Waals surface area contributed by atoms with Gasteiger partial charge in [-0.3, -0.25) is 4.55 Å². The fourth-order valence-corrected chi connectivity index (χ4v) is 5.54. The minimum atomic E-state index is -4.51. The normalized spacial score (nSPS) is 34.5. The smallest absolute Gasteiger partial charge is 0.397 e. The second-order valence-electron chi connectivity index (χ2n) is 7.82. The van der Waals surface area contributed by atoms with E-state index >= 15 is 0 Å². The third-order valence-electron chi connectivity index (χ3n) is 6.14. The molecular weight excluding hydrogens is 380 g/mol. The number of carboxylic acid groups (broad SMARTS) is 1. The second kappa shape index (κ2) is 9.20. The van der Waals surface area contributed by atoms with Crippen molar-refractivity contribution in [2.24, 2.45) is 29.6 Å². The lowest BCUT2D eigenvalue weighted by Crippen LogP contribution is -2.45. The van der Waals surface area contributed by atoms with Gasteiger partial charge in [0.1, 0.15) is 0 Å². The van der Waals surface area contributed by atoms with E-state index < -0.39 is 22.5 Å². The molecule has 0 unspecified atom stereocenters. The van der Waals surface area contributed by atoms with Crippen LogP contribution in [0.15, 0.2) is 47.6 Å². The highest BCUT2D eigenvalue weighted by atomic mass is 32.3. The van der Waals surface area contributed by atoms with Crippen LogP contribution in [0.25, 0.3) is 0 Å². The zero-order chi connectivity index (χ0) is 21.1. The molecule has 7 heteroatoms. The van der Waals surface area contributed by atoms with Crippen LogP contribution in [-0.2, 0) is 19.4 Å². The standard InChI is InChI=1S/C21H30O6S/c1-5-13(2)20-14(3)12-16-10-11-18(27-28(24,25)26)15(4)21(16)17(20)8-6-7-9-19(22)23/h5-9,12,15-18,20-21H,10-11H2,1-4H3,(H,22,23)(H,24,25,26)/b8-6+,9-7+,13-5+/t15-,16-,17-,18-,20-,21-/m1/s1. The largest absolute Gasteiger partial charge is 0.478 e. The molecule has 28 heavy (non-hydrogen) atoms. The molecule has 0 aromatic heterocycles. The molecule has 6 nitrogen and oxygen atoms in total. The number of carbonyl (C=O) groups is 1. The Labute approximate surface area is 167 Å². The number of rotatable bonds is 6. The average Bonchev–Trinajstić information content (AvgIpc) is 2.59. The van der Waals surface area contributed by atoms with Crippen molar-refractivity contribution >= 4 is 16.4 Å². The van der Waals surface area contributed by atoms with Gasteiger partial charge in [-0.1, -0.05) is 48.5 Å². The summed E-state index contributed by atoms with van der Waals surface area (Å²) in [7, 11) is -4.51. The van der Waals surface area contributed by atoms with E-state index in [2.05, 4.69) is 26.0 Å². The van der Waals surface area contributed by atoms with Crippen molar-refractivity contribution in [3.05, 3.63) is 47.6 Å². The van der Waals surface area contributed by atoms with E-state index in [4.69, 9.17) is 13.8 Å². The van der Waals surface area contributed by atoms with Gasteiger partial charge in [0.15, 0.2) is 0 Å². The van der Waals surface area contributed by atoms with Crippen molar-refractivity contribution in [2.45, 2.75) is 46.6 Å². The third kappa shape index (κ3) is 5.43. The van der Waals surface area contributed by atoms with Crippen molar-refractivity contribution in [2.75, 3.05) is 0 Å². The van der Waals surface area contributed by atoms with Gasteiger partial charge in [-0.25, -0.2) is 8.98 Å². The first-order chi connectivity index (χ1) is 13.0. The lowest BCUT2D eigenvalue weighted by atomic mass is 9.57. The fourth-order valence-electron chi connectivity index (χ4n) is 4.95. The molecule has 2 aliphatic carbocycles. The fraction of sp³-hybridized carbons (Fsp3) is 0.571. The molecule has 6 atom stereocenters. The number of hydrogen-bond donors (Lipinski definition) is 2.